The summed E-state index contributed by atoms with van der Waals surface area (Å²) >= 11 is 0. The number of hydrogen-bond donors (Lipinski definition) is 2. The third kappa shape index (κ3) is 4.62. The Morgan fingerprint density at radius 2 is 1.80 bits per heavy atom. The van der Waals surface area contributed by atoms with E-state index in [1.54, 1.807) is 31.4 Å². The first kappa shape index (κ1) is 21.4. The smallest absolute Gasteiger partial charge is 0.251 e. The highest BCUT2D eigenvalue weighted by atomic mass is 16.5. The largest absolute Gasteiger partial charge is 0.497 e. The van der Waals surface area contributed by atoms with Crippen LogP contribution in [0, 0.1) is 5.92 Å². The van der Waals surface area contributed by atoms with Gasteiger partial charge < -0.3 is 14.6 Å². The normalized spacial score (nSPS) is 12.0. The van der Waals surface area contributed by atoms with E-state index in [-0.39, 0.29) is 17.7 Å². The molecule has 2 aromatic carbocycles. The number of amides is 2. The summed E-state index contributed by atoms with van der Waals surface area (Å²) in [4.78, 5) is 30.3. The average Bonchev–Trinajstić information content (AvgIpc) is 3.09. The van der Waals surface area contributed by atoms with Gasteiger partial charge in [-0.15, -0.1) is 0 Å². The van der Waals surface area contributed by atoms with Crippen LogP contribution < -0.4 is 15.4 Å². The van der Waals surface area contributed by atoms with Crippen LogP contribution in [0.2, 0.25) is 0 Å². The number of anilines is 1. The van der Waals surface area contributed by atoms with Crippen molar-refractivity contribution in [3.8, 4) is 5.75 Å². The Labute approximate surface area is 176 Å². The Morgan fingerprint density at radius 3 is 2.43 bits per heavy atom. The molecule has 3 rings (SSSR count). The van der Waals surface area contributed by atoms with Gasteiger partial charge in [-0.1, -0.05) is 32.9 Å². The first-order valence-corrected chi connectivity index (χ1v) is 10.2. The third-order valence-corrected chi connectivity index (χ3v) is 4.92. The molecule has 0 saturated carbocycles. The molecule has 0 radical (unpaired) electrons. The SMILES string of the molecule is CCCn1c(NC(=O)C(NC(=O)c2ccc(OC)cc2)C(C)C)nc2ccccc21. The van der Waals surface area contributed by atoms with Crippen LogP contribution in [0.5, 0.6) is 5.75 Å². The number of para-hydroxylation sites is 2. The maximum atomic E-state index is 13.1. The van der Waals surface area contributed by atoms with Gasteiger partial charge in [-0.05, 0) is 48.7 Å². The molecule has 0 aliphatic heterocycles. The van der Waals surface area contributed by atoms with E-state index < -0.39 is 6.04 Å². The van der Waals surface area contributed by atoms with Gasteiger partial charge in [0.05, 0.1) is 18.1 Å². The minimum atomic E-state index is -0.700. The second-order valence-electron chi connectivity index (χ2n) is 7.49. The van der Waals surface area contributed by atoms with E-state index in [4.69, 9.17) is 4.74 Å². The van der Waals surface area contributed by atoms with Gasteiger partial charge in [-0.3, -0.25) is 14.9 Å². The molecule has 0 bridgehead atoms. The van der Waals surface area contributed by atoms with Crippen LogP contribution >= 0.6 is 0 Å². The Kier molecular flexibility index (Phi) is 6.72. The predicted octanol–water partition coefficient (Wildman–Crippen LogP) is 3.85. The van der Waals surface area contributed by atoms with Crippen LogP contribution in [0.15, 0.2) is 48.5 Å². The van der Waals surface area contributed by atoms with Crippen LogP contribution in [-0.4, -0.2) is 34.5 Å². The van der Waals surface area contributed by atoms with E-state index in [9.17, 15) is 9.59 Å². The quantitative estimate of drug-likeness (QED) is 0.593. The Morgan fingerprint density at radius 1 is 1.10 bits per heavy atom. The second-order valence-corrected chi connectivity index (χ2v) is 7.49. The van der Waals surface area contributed by atoms with E-state index in [1.807, 2.05) is 42.7 Å². The van der Waals surface area contributed by atoms with Crippen molar-refractivity contribution in [2.45, 2.75) is 39.8 Å². The van der Waals surface area contributed by atoms with Crippen LogP contribution in [0.3, 0.4) is 0 Å². The summed E-state index contributed by atoms with van der Waals surface area (Å²) in [5, 5.41) is 5.77. The molecule has 1 heterocycles. The van der Waals surface area contributed by atoms with Gasteiger partial charge in [0.25, 0.3) is 5.91 Å². The molecular formula is C23H28N4O3. The number of rotatable bonds is 8. The molecule has 7 nitrogen and oxygen atoms in total. The lowest BCUT2D eigenvalue weighted by atomic mass is 10.0. The first-order valence-electron chi connectivity index (χ1n) is 10.2. The van der Waals surface area contributed by atoms with E-state index in [2.05, 4.69) is 22.5 Å². The first-order chi connectivity index (χ1) is 14.4. The van der Waals surface area contributed by atoms with Crippen molar-refractivity contribution in [2.24, 2.45) is 5.92 Å². The van der Waals surface area contributed by atoms with Gasteiger partial charge in [0, 0.05) is 12.1 Å². The molecule has 0 aliphatic rings. The van der Waals surface area contributed by atoms with Gasteiger partial charge >= 0.3 is 0 Å². The number of hydrogen-bond acceptors (Lipinski definition) is 4. The maximum absolute atomic E-state index is 13.1. The number of nitrogens with one attached hydrogen (secondary N) is 2. The Balaban J connectivity index is 1.79. The topological polar surface area (TPSA) is 85.2 Å². The lowest BCUT2D eigenvalue weighted by molar-refractivity contribution is -0.119. The zero-order valence-corrected chi connectivity index (χ0v) is 17.8. The molecule has 2 amide bonds. The van der Waals surface area contributed by atoms with Gasteiger partial charge in [0.2, 0.25) is 11.9 Å². The monoisotopic (exact) mass is 408 g/mol. The van der Waals surface area contributed by atoms with Crippen LogP contribution in [0.4, 0.5) is 5.95 Å². The fraction of sp³-hybridized carbons (Fsp3) is 0.348. The highest BCUT2D eigenvalue weighted by Crippen LogP contribution is 2.21. The van der Waals surface area contributed by atoms with Gasteiger partial charge in [0.1, 0.15) is 11.8 Å². The van der Waals surface area contributed by atoms with Crippen molar-refractivity contribution in [1.82, 2.24) is 14.9 Å². The van der Waals surface area contributed by atoms with Crippen molar-refractivity contribution in [1.29, 1.82) is 0 Å². The van der Waals surface area contributed by atoms with Crippen molar-refractivity contribution >= 4 is 28.8 Å². The number of benzene rings is 2. The number of nitrogens with zero attached hydrogens (tertiary/aromatic N) is 2. The van der Waals surface area contributed by atoms with Crippen LogP contribution in [0.25, 0.3) is 11.0 Å². The lowest BCUT2D eigenvalue weighted by Crippen LogP contribution is -2.47. The number of carbonyl (C=O) groups is 2. The summed E-state index contributed by atoms with van der Waals surface area (Å²) in [6, 6.07) is 13.8. The molecule has 1 atom stereocenters. The fourth-order valence-electron chi connectivity index (χ4n) is 3.31. The van der Waals surface area contributed by atoms with Crippen molar-refractivity contribution < 1.29 is 14.3 Å². The summed E-state index contributed by atoms with van der Waals surface area (Å²) in [5.41, 5.74) is 2.26. The van der Waals surface area contributed by atoms with E-state index in [0.29, 0.717) is 17.3 Å². The molecule has 3 aromatic rings. The third-order valence-electron chi connectivity index (χ3n) is 4.92. The van der Waals surface area contributed by atoms with Gasteiger partial charge in [-0.2, -0.15) is 0 Å². The number of fused-ring (bicyclic) bond motifs is 1. The minimum Gasteiger partial charge on any atom is -0.497 e. The molecule has 30 heavy (non-hydrogen) atoms. The zero-order valence-electron chi connectivity index (χ0n) is 17.8. The number of aryl methyl sites for hydroxylation is 1. The van der Waals surface area contributed by atoms with E-state index in [0.717, 1.165) is 24.0 Å². The van der Waals surface area contributed by atoms with E-state index in [1.165, 1.54) is 0 Å². The number of ether oxygens (including phenoxy) is 1. The molecule has 2 N–H and O–H groups in total. The van der Waals surface area contributed by atoms with Crippen molar-refractivity contribution in [3.05, 3.63) is 54.1 Å². The molecular weight excluding hydrogens is 380 g/mol. The Hall–Kier alpha value is -3.35. The lowest BCUT2D eigenvalue weighted by Gasteiger charge is -2.22. The fourth-order valence-corrected chi connectivity index (χ4v) is 3.31. The van der Waals surface area contributed by atoms with Gasteiger partial charge in [-0.25, -0.2) is 4.98 Å². The van der Waals surface area contributed by atoms with Crippen LogP contribution in [-0.2, 0) is 11.3 Å². The van der Waals surface area contributed by atoms with E-state index >= 15 is 0 Å². The highest BCUT2D eigenvalue weighted by Gasteiger charge is 2.26. The maximum Gasteiger partial charge on any atom is 0.251 e. The Bertz CT molecular complexity index is 1020. The summed E-state index contributed by atoms with van der Waals surface area (Å²) in [5.74, 6) is 0.455. The zero-order chi connectivity index (χ0) is 21.7. The minimum absolute atomic E-state index is 0.101. The van der Waals surface area contributed by atoms with Crippen molar-refractivity contribution in [3.63, 3.8) is 0 Å². The molecule has 0 saturated heterocycles. The standard InChI is InChI=1S/C23H28N4O3/c1-5-14-27-19-9-7-6-8-18(19)24-23(27)26-22(29)20(15(2)3)25-21(28)16-10-12-17(30-4)13-11-16/h6-13,15,20H,5,14H2,1-4H3,(H,25,28)(H,24,26,29). The van der Waals surface area contributed by atoms with Crippen molar-refractivity contribution in [2.75, 3.05) is 12.4 Å². The number of imidazole rings is 1. The summed E-state index contributed by atoms with van der Waals surface area (Å²) in [6.07, 6.45) is 0.908. The molecule has 7 heteroatoms. The molecule has 0 spiro atoms. The average molecular weight is 409 g/mol. The number of carbonyl (C=O) groups excluding carboxylic acids is 2. The molecule has 1 aromatic heterocycles. The molecule has 1 unspecified atom stereocenters. The summed E-state index contributed by atoms with van der Waals surface area (Å²) < 4.78 is 7.12. The van der Waals surface area contributed by atoms with Gasteiger partial charge in [0.15, 0.2) is 0 Å². The second kappa shape index (κ2) is 9.43. The molecule has 0 aliphatic carbocycles. The predicted molar refractivity (Wildman–Crippen MR) is 118 cm³/mol. The molecule has 0 fully saturated rings. The summed E-state index contributed by atoms with van der Waals surface area (Å²) in [7, 11) is 1.57. The van der Waals surface area contributed by atoms with Crippen LogP contribution in [0.1, 0.15) is 37.6 Å². The number of aromatic nitrogens is 2. The molecule has 158 valence electrons. The number of methoxy groups -OCH3 is 1. The summed E-state index contributed by atoms with van der Waals surface area (Å²) in [6.45, 7) is 6.61. The highest BCUT2D eigenvalue weighted by molar-refractivity contribution is 6.01.